The van der Waals surface area contributed by atoms with Gasteiger partial charge in [-0.25, -0.2) is 0 Å². The summed E-state index contributed by atoms with van der Waals surface area (Å²) in [4.78, 5) is 5.30. The smallest absolute Gasteiger partial charge is 0.161 e. The van der Waals surface area contributed by atoms with Crippen LogP contribution in [0, 0.1) is 6.92 Å². The van der Waals surface area contributed by atoms with E-state index in [-0.39, 0.29) is 6.04 Å². The second-order valence-electron chi connectivity index (χ2n) is 7.55. The van der Waals surface area contributed by atoms with Crippen LogP contribution < -0.4 is 14.8 Å². The van der Waals surface area contributed by atoms with E-state index in [0.717, 1.165) is 43.2 Å². The van der Waals surface area contributed by atoms with Gasteiger partial charge >= 0.3 is 0 Å². The molecule has 5 heteroatoms. The van der Waals surface area contributed by atoms with Crippen molar-refractivity contribution < 1.29 is 9.47 Å². The van der Waals surface area contributed by atoms with Gasteiger partial charge in [-0.3, -0.25) is 4.90 Å². The first-order chi connectivity index (χ1) is 14.7. The lowest BCUT2D eigenvalue weighted by atomic mass is 10.0. The van der Waals surface area contributed by atoms with Gasteiger partial charge in [-0.05, 0) is 49.2 Å². The largest absolute Gasteiger partial charge is 0.490 e. The molecule has 1 N–H and O–H groups in total. The summed E-state index contributed by atoms with van der Waals surface area (Å²) < 4.78 is 12.1. The number of rotatable bonds is 8. The fourth-order valence-electron chi connectivity index (χ4n) is 3.91. The van der Waals surface area contributed by atoms with Crippen molar-refractivity contribution in [2.75, 3.05) is 32.8 Å². The van der Waals surface area contributed by atoms with Gasteiger partial charge in [0.15, 0.2) is 11.5 Å². The molecular formula is C25H30N2O2S. The van der Waals surface area contributed by atoms with Crippen LogP contribution in [0.3, 0.4) is 0 Å². The van der Waals surface area contributed by atoms with Crippen molar-refractivity contribution in [3.63, 3.8) is 0 Å². The average Bonchev–Trinajstić information content (AvgIpc) is 3.21. The third kappa shape index (κ3) is 5.04. The van der Waals surface area contributed by atoms with E-state index in [1.807, 2.05) is 36.5 Å². The number of thiophene rings is 1. The Morgan fingerprint density at radius 3 is 2.47 bits per heavy atom. The highest BCUT2D eigenvalue weighted by Crippen LogP contribution is 2.38. The fourth-order valence-corrected chi connectivity index (χ4v) is 4.95. The number of aryl methyl sites for hydroxylation is 1. The molecule has 2 heterocycles. The first-order valence-corrected chi connectivity index (χ1v) is 11.5. The summed E-state index contributed by atoms with van der Waals surface area (Å²) in [6.07, 6.45) is 0. The summed E-state index contributed by atoms with van der Waals surface area (Å²) in [7, 11) is 0. The standard InChI is InChI=1S/C25H30N2O2S/c1-3-28-23-17-21(10-11-22(23)29-18-20-7-5-4-6-8-20)25(24-12-9-19(2)30-24)27-15-13-26-14-16-27/h4-12,17,25-26H,3,13-16,18H2,1-2H3. The SMILES string of the molecule is CCOc1cc(C(c2ccc(C)s2)N2CCNCC2)ccc1OCc1ccccc1. The van der Waals surface area contributed by atoms with E-state index in [9.17, 15) is 0 Å². The van der Waals surface area contributed by atoms with Crippen LogP contribution in [0.15, 0.2) is 60.7 Å². The van der Waals surface area contributed by atoms with Gasteiger partial charge in [0.05, 0.1) is 12.6 Å². The highest BCUT2D eigenvalue weighted by molar-refractivity contribution is 7.12. The van der Waals surface area contributed by atoms with Crippen LogP contribution in [0.25, 0.3) is 0 Å². The van der Waals surface area contributed by atoms with Crippen LogP contribution in [-0.4, -0.2) is 37.7 Å². The Balaban J connectivity index is 1.62. The molecule has 4 nitrogen and oxygen atoms in total. The maximum absolute atomic E-state index is 6.12. The fraction of sp³-hybridized carbons (Fsp3) is 0.360. The third-order valence-electron chi connectivity index (χ3n) is 5.37. The minimum Gasteiger partial charge on any atom is -0.490 e. The first kappa shape index (κ1) is 20.9. The third-order valence-corrected chi connectivity index (χ3v) is 6.42. The summed E-state index contributed by atoms with van der Waals surface area (Å²) in [6, 6.07) is 21.4. The van der Waals surface area contributed by atoms with E-state index >= 15 is 0 Å². The van der Waals surface area contributed by atoms with Crippen molar-refractivity contribution in [1.82, 2.24) is 10.2 Å². The molecule has 1 atom stereocenters. The number of nitrogens with one attached hydrogen (secondary N) is 1. The van der Waals surface area contributed by atoms with Crippen molar-refractivity contribution in [3.05, 3.63) is 81.5 Å². The lowest BCUT2D eigenvalue weighted by molar-refractivity contribution is 0.200. The van der Waals surface area contributed by atoms with Crippen LogP contribution in [-0.2, 0) is 6.61 Å². The highest BCUT2D eigenvalue weighted by atomic mass is 32.1. The zero-order chi connectivity index (χ0) is 20.8. The zero-order valence-corrected chi connectivity index (χ0v) is 18.6. The summed E-state index contributed by atoms with van der Waals surface area (Å²) in [6.45, 7) is 9.47. The predicted molar refractivity (Wildman–Crippen MR) is 124 cm³/mol. The number of ether oxygens (including phenoxy) is 2. The van der Waals surface area contributed by atoms with Gasteiger partial charge in [0.2, 0.25) is 0 Å². The maximum atomic E-state index is 6.12. The second kappa shape index (κ2) is 10.1. The molecule has 30 heavy (non-hydrogen) atoms. The molecule has 0 spiro atoms. The molecule has 1 aromatic heterocycles. The van der Waals surface area contributed by atoms with Gasteiger partial charge in [0.1, 0.15) is 6.61 Å². The normalized spacial score (nSPS) is 15.7. The number of hydrogen-bond acceptors (Lipinski definition) is 5. The Labute approximate surface area is 183 Å². The Kier molecular flexibility index (Phi) is 7.05. The second-order valence-corrected chi connectivity index (χ2v) is 8.87. The summed E-state index contributed by atoms with van der Waals surface area (Å²) >= 11 is 1.88. The molecule has 1 aliphatic rings. The van der Waals surface area contributed by atoms with E-state index in [1.165, 1.54) is 15.3 Å². The monoisotopic (exact) mass is 422 g/mol. The minimum absolute atomic E-state index is 0.244. The van der Waals surface area contributed by atoms with Crippen molar-refractivity contribution in [2.45, 2.75) is 26.5 Å². The number of nitrogens with zero attached hydrogens (tertiary/aromatic N) is 1. The number of benzene rings is 2. The molecule has 0 bridgehead atoms. The van der Waals surface area contributed by atoms with E-state index < -0.39 is 0 Å². The first-order valence-electron chi connectivity index (χ1n) is 10.7. The van der Waals surface area contributed by atoms with Crippen LogP contribution in [0.1, 0.15) is 33.8 Å². The van der Waals surface area contributed by atoms with Gasteiger partial charge in [-0.1, -0.05) is 36.4 Å². The molecule has 3 aromatic rings. The lowest BCUT2D eigenvalue weighted by Gasteiger charge is -2.35. The molecule has 4 rings (SSSR count). The summed E-state index contributed by atoms with van der Waals surface area (Å²) in [5.41, 5.74) is 2.41. The quantitative estimate of drug-likeness (QED) is 0.552. The van der Waals surface area contributed by atoms with Crippen molar-refractivity contribution in [2.24, 2.45) is 0 Å². The molecule has 1 unspecified atom stereocenters. The molecule has 0 radical (unpaired) electrons. The van der Waals surface area contributed by atoms with Crippen molar-refractivity contribution in [1.29, 1.82) is 0 Å². The number of hydrogen-bond donors (Lipinski definition) is 1. The molecule has 1 saturated heterocycles. The highest BCUT2D eigenvalue weighted by Gasteiger charge is 2.26. The van der Waals surface area contributed by atoms with E-state index in [1.54, 1.807) is 0 Å². The van der Waals surface area contributed by atoms with Crippen LogP contribution in [0.5, 0.6) is 11.5 Å². The molecule has 0 aliphatic carbocycles. The van der Waals surface area contributed by atoms with E-state index in [4.69, 9.17) is 9.47 Å². The minimum atomic E-state index is 0.244. The topological polar surface area (TPSA) is 33.7 Å². The molecule has 2 aromatic carbocycles. The van der Waals surface area contributed by atoms with Crippen LogP contribution in [0.4, 0.5) is 0 Å². The Hall–Kier alpha value is -2.34. The Morgan fingerprint density at radius 2 is 1.77 bits per heavy atom. The molecule has 0 amide bonds. The maximum Gasteiger partial charge on any atom is 0.161 e. The molecular weight excluding hydrogens is 392 g/mol. The van der Waals surface area contributed by atoms with Crippen molar-refractivity contribution in [3.8, 4) is 11.5 Å². The van der Waals surface area contributed by atoms with E-state index in [0.29, 0.717) is 13.2 Å². The summed E-state index contributed by atoms with van der Waals surface area (Å²) in [5, 5.41) is 3.47. The van der Waals surface area contributed by atoms with Crippen LogP contribution in [0.2, 0.25) is 0 Å². The zero-order valence-electron chi connectivity index (χ0n) is 17.8. The van der Waals surface area contributed by atoms with Gasteiger partial charge < -0.3 is 14.8 Å². The summed E-state index contributed by atoms with van der Waals surface area (Å²) in [5.74, 6) is 1.62. The van der Waals surface area contributed by atoms with Crippen molar-refractivity contribution >= 4 is 11.3 Å². The molecule has 158 valence electrons. The van der Waals surface area contributed by atoms with Gasteiger partial charge in [0, 0.05) is 35.9 Å². The molecule has 1 fully saturated rings. The van der Waals surface area contributed by atoms with Gasteiger partial charge in [-0.2, -0.15) is 0 Å². The average molecular weight is 423 g/mol. The van der Waals surface area contributed by atoms with Gasteiger partial charge in [-0.15, -0.1) is 11.3 Å². The molecule has 0 saturated carbocycles. The Morgan fingerprint density at radius 1 is 0.967 bits per heavy atom. The van der Waals surface area contributed by atoms with E-state index in [2.05, 4.69) is 59.6 Å². The molecule has 1 aliphatic heterocycles. The lowest BCUT2D eigenvalue weighted by Crippen LogP contribution is -2.45. The number of piperazine rings is 1. The predicted octanol–water partition coefficient (Wildman–Crippen LogP) is 5.03. The van der Waals surface area contributed by atoms with Crippen LogP contribution >= 0.6 is 11.3 Å². The van der Waals surface area contributed by atoms with Gasteiger partial charge in [0.25, 0.3) is 0 Å². The Bertz CT molecular complexity index is 935.